The fourth-order valence-electron chi connectivity index (χ4n) is 2.10. The zero-order valence-electron chi connectivity index (χ0n) is 9.68. The number of fused-ring (bicyclic) bond motifs is 1. The summed E-state index contributed by atoms with van der Waals surface area (Å²) in [6.07, 6.45) is 1.20. The first-order chi connectivity index (χ1) is 6.97. The van der Waals surface area contributed by atoms with Gasteiger partial charge in [-0.3, -0.25) is 4.90 Å². The van der Waals surface area contributed by atoms with Crippen molar-refractivity contribution < 1.29 is 0 Å². The Balaban J connectivity index is 2.26. The molecular weight excluding hydrogens is 297 g/mol. The Labute approximate surface area is 106 Å². The van der Waals surface area contributed by atoms with Gasteiger partial charge in [0, 0.05) is 22.2 Å². The van der Waals surface area contributed by atoms with Gasteiger partial charge in [-0.2, -0.15) is 0 Å². The van der Waals surface area contributed by atoms with Crippen LogP contribution >= 0.6 is 22.6 Å². The lowest BCUT2D eigenvalue weighted by Gasteiger charge is -2.39. The predicted molar refractivity (Wildman–Crippen MR) is 73.0 cm³/mol. The summed E-state index contributed by atoms with van der Waals surface area (Å²) in [4.78, 5) is 2.56. The monoisotopic (exact) mass is 315 g/mol. The highest BCUT2D eigenvalue weighted by Gasteiger charge is 2.25. The van der Waals surface area contributed by atoms with Crippen molar-refractivity contribution in [2.75, 3.05) is 6.54 Å². The molecule has 0 saturated carbocycles. The van der Waals surface area contributed by atoms with E-state index in [0.717, 1.165) is 6.54 Å². The normalized spacial score (nSPS) is 17.6. The third-order valence-corrected chi connectivity index (χ3v) is 3.80. The Bertz CT molecular complexity index is 365. The summed E-state index contributed by atoms with van der Waals surface area (Å²) in [5.74, 6) is 0. The van der Waals surface area contributed by atoms with Gasteiger partial charge in [0.25, 0.3) is 0 Å². The van der Waals surface area contributed by atoms with Crippen LogP contribution in [0.1, 0.15) is 31.9 Å². The molecule has 0 fully saturated rings. The number of hydrogen-bond acceptors (Lipinski definition) is 1. The van der Waals surface area contributed by atoms with Gasteiger partial charge in [-0.05, 0) is 73.0 Å². The molecule has 1 nitrogen and oxygen atoms in total. The molecule has 0 spiro atoms. The Kier molecular flexibility index (Phi) is 3.08. The van der Waals surface area contributed by atoms with Crippen molar-refractivity contribution in [1.29, 1.82) is 0 Å². The molecule has 0 N–H and O–H groups in total. The lowest BCUT2D eigenvalue weighted by Crippen LogP contribution is -2.44. The smallest absolute Gasteiger partial charge is 0.0242 e. The van der Waals surface area contributed by atoms with Crippen molar-refractivity contribution in [2.45, 2.75) is 39.3 Å². The molecule has 0 aliphatic carbocycles. The van der Waals surface area contributed by atoms with Crippen molar-refractivity contribution in [1.82, 2.24) is 4.90 Å². The van der Waals surface area contributed by atoms with Gasteiger partial charge >= 0.3 is 0 Å². The highest BCUT2D eigenvalue weighted by molar-refractivity contribution is 14.1. The molecule has 0 saturated heterocycles. The van der Waals surface area contributed by atoms with E-state index >= 15 is 0 Å². The van der Waals surface area contributed by atoms with E-state index in [0.29, 0.717) is 5.54 Å². The summed E-state index contributed by atoms with van der Waals surface area (Å²) in [5, 5.41) is 0. The molecule has 1 aromatic carbocycles. The lowest BCUT2D eigenvalue weighted by atomic mass is 9.95. The van der Waals surface area contributed by atoms with Crippen LogP contribution in [0.25, 0.3) is 0 Å². The van der Waals surface area contributed by atoms with Crippen molar-refractivity contribution in [3.8, 4) is 0 Å². The topological polar surface area (TPSA) is 3.24 Å². The Hall–Kier alpha value is -0.0900. The number of hydrogen-bond donors (Lipinski definition) is 0. The van der Waals surface area contributed by atoms with Gasteiger partial charge in [-0.25, -0.2) is 0 Å². The van der Waals surface area contributed by atoms with E-state index in [1.807, 2.05) is 0 Å². The molecule has 0 aromatic heterocycles. The summed E-state index contributed by atoms with van der Waals surface area (Å²) in [6, 6.07) is 6.83. The highest BCUT2D eigenvalue weighted by Crippen LogP contribution is 2.26. The molecule has 1 aliphatic heterocycles. The summed E-state index contributed by atoms with van der Waals surface area (Å²) >= 11 is 2.40. The first kappa shape index (κ1) is 11.4. The van der Waals surface area contributed by atoms with Gasteiger partial charge in [0.2, 0.25) is 0 Å². The third-order valence-electron chi connectivity index (χ3n) is 3.13. The minimum absolute atomic E-state index is 0.291. The predicted octanol–water partition coefficient (Wildman–Crippen LogP) is 3.45. The van der Waals surface area contributed by atoms with Crippen LogP contribution in [0.4, 0.5) is 0 Å². The molecule has 0 atom stereocenters. The fourth-order valence-corrected chi connectivity index (χ4v) is 2.65. The van der Waals surface area contributed by atoms with E-state index in [-0.39, 0.29) is 0 Å². The molecule has 2 heteroatoms. The van der Waals surface area contributed by atoms with E-state index in [4.69, 9.17) is 0 Å². The molecule has 15 heavy (non-hydrogen) atoms. The van der Waals surface area contributed by atoms with Crippen molar-refractivity contribution in [3.63, 3.8) is 0 Å². The third kappa shape index (κ3) is 2.53. The standard InChI is InChI=1S/C13H18IN/c1-13(2,3)15-7-6-10-4-5-12(14)8-11(10)9-15/h4-5,8H,6-7,9H2,1-3H3. The van der Waals surface area contributed by atoms with Crippen LogP contribution in [0.15, 0.2) is 18.2 Å². The zero-order valence-corrected chi connectivity index (χ0v) is 11.8. The van der Waals surface area contributed by atoms with E-state index in [9.17, 15) is 0 Å². The molecule has 2 rings (SSSR count). The molecule has 1 heterocycles. The molecule has 0 amide bonds. The Morgan fingerprint density at radius 2 is 1.93 bits per heavy atom. The molecule has 82 valence electrons. The first-order valence-electron chi connectivity index (χ1n) is 5.49. The van der Waals surface area contributed by atoms with E-state index in [1.54, 1.807) is 0 Å². The van der Waals surface area contributed by atoms with Crippen LogP contribution in [0.2, 0.25) is 0 Å². The molecule has 0 unspecified atom stereocenters. The van der Waals surface area contributed by atoms with Crippen LogP contribution < -0.4 is 0 Å². The Morgan fingerprint density at radius 1 is 1.20 bits per heavy atom. The minimum Gasteiger partial charge on any atom is -0.294 e. The number of benzene rings is 1. The van der Waals surface area contributed by atoms with Gasteiger partial charge in [-0.1, -0.05) is 6.07 Å². The molecule has 0 radical (unpaired) electrons. The SMILES string of the molecule is CC(C)(C)N1CCc2ccc(I)cc2C1. The first-order valence-corrected chi connectivity index (χ1v) is 6.57. The van der Waals surface area contributed by atoms with Gasteiger partial charge in [-0.15, -0.1) is 0 Å². The average Bonchev–Trinajstić information content (AvgIpc) is 2.15. The highest BCUT2D eigenvalue weighted by atomic mass is 127. The summed E-state index contributed by atoms with van der Waals surface area (Å²) in [6.45, 7) is 9.19. The molecular formula is C13H18IN. The van der Waals surface area contributed by atoms with Crippen LogP contribution in [0.3, 0.4) is 0 Å². The molecule has 0 bridgehead atoms. The quantitative estimate of drug-likeness (QED) is 0.663. The largest absolute Gasteiger partial charge is 0.294 e. The van der Waals surface area contributed by atoms with Gasteiger partial charge in [0.15, 0.2) is 0 Å². The van der Waals surface area contributed by atoms with Crippen LogP contribution in [-0.4, -0.2) is 17.0 Å². The van der Waals surface area contributed by atoms with Crippen LogP contribution in [0.5, 0.6) is 0 Å². The zero-order chi connectivity index (χ0) is 11.1. The van der Waals surface area contributed by atoms with E-state index < -0.39 is 0 Å². The van der Waals surface area contributed by atoms with E-state index in [2.05, 4.69) is 66.5 Å². The maximum Gasteiger partial charge on any atom is 0.0242 e. The second-order valence-corrected chi connectivity index (χ2v) is 6.50. The number of nitrogens with zero attached hydrogens (tertiary/aromatic N) is 1. The van der Waals surface area contributed by atoms with Crippen molar-refractivity contribution in [2.24, 2.45) is 0 Å². The summed E-state index contributed by atoms with van der Waals surface area (Å²) in [5.41, 5.74) is 3.35. The number of halogens is 1. The van der Waals surface area contributed by atoms with Gasteiger partial charge in [0.1, 0.15) is 0 Å². The summed E-state index contributed by atoms with van der Waals surface area (Å²) in [7, 11) is 0. The minimum atomic E-state index is 0.291. The van der Waals surface area contributed by atoms with Crippen molar-refractivity contribution >= 4 is 22.6 Å². The van der Waals surface area contributed by atoms with Gasteiger partial charge < -0.3 is 0 Å². The Morgan fingerprint density at radius 3 is 2.60 bits per heavy atom. The van der Waals surface area contributed by atoms with Crippen LogP contribution in [-0.2, 0) is 13.0 Å². The second kappa shape index (κ2) is 4.06. The van der Waals surface area contributed by atoms with Gasteiger partial charge in [0.05, 0.1) is 0 Å². The summed E-state index contributed by atoms with van der Waals surface area (Å²) < 4.78 is 1.35. The number of rotatable bonds is 0. The molecule has 1 aliphatic rings. The lowest BCUT2D eigenvalue weighted by molar-refractivity contribution is 0.121. The maximum atomic E-state index is 2.56. The van der Waals surface area contributed by atoms with Crippen LogP contribution in [0, 0.1) is 3.57 Å². The fraction of sp³-hybridized carbons (Fsp3) is 0.538. The second-order valence-electron chi connectivity index (χ2n) is 5.26. The van der Waals surface area contributed by atoms with Crippen molar-refractivity contribution in [3.05, 3.63) is 32.9 Å². The molecule has 1 aromatic rings. The maximum absolute atomic E-state index is 2.56. The average molecular weight is 315 g/mol. The van der Waals surface area contributed by atoms with E-state index in [1.165, 1.54) is 27.7 Å².